The van der Waals surface area contributed by atoms with Crippen LogP contribution in [0.4, 0.5) is 10.1 Å². The molecule has 4 N–H and O–H groups in total. The second-order valence-corrected chi connectivity index (χ2v) is 7.68. The van der Waals surface area contributed by atoms with Crippen molar-refractivity contribution in [3.05, 3.63) is 29.6 Å². The van der Waals surface area contributed by atoms with E-state index in [1.165, 1.54) is 23.1 Å². The van der Waals surface area contributed by atoms with E-state index in [4.69, 9.17) is 5.73 Å². The number of rotatable bonds is 4. The fourth-order valence-electron chi connectivity index (χ4n) is 4.80. The summed E-state index contributed by atoms with van der Waals surface area (Å²) >= 11 is 0. The van der Waals surface area contributed by atoms with Gasteiger partial charge in [0.1, 0.15) is 11.4 Å². The number of hydrogen-bond acceptors (Lipinski definition) is 5. The zero-order valence-electron chi connectivity index (χ0n) is 15.5. The smallest absolute Gasteiger partial charge is 0.250 e. The maximum atomic E-state index is 14.0. The highest BCUT2D eigenvalue weighted by Crippen LogP contribution is 2.53. The molecule has 3 aliphatic rings. The maximum absolute atomic E-state index is 14.0. The van der Waals surface area contributed by atoms with Gasteiger partial charge in [0.2, 0.25) is 23.6 Å². The number of imide groups is 1. The van der Waals surface area contributed by atoms with Crippen molar-refractivity contribution in [1.82, 2.24) is 10.2 Å². The number of carbonyl (C=O) groups is 4. The van der Waals surface area contributed by atoms with Crippen LogP contribution in [-0.2, 0) is 24.7 Å². The van der Waals surface area contributed by atoms with Gasteiger partial charge in [-0.15, -0.1) is 0 Å². The summed E-state index contributed by atoms with van der Waals surface area (Å²) in [6, 6.07) is 2.66. The lowest BCUT2D eigenvalue weighted by atomic mass is 9.76. The zero-order valence-corrected chi connectivity index (χ0v) is 15.5. The number of likely N-dealkylation sites (tertiary alicyclic amines) is 1. The summed E-state index contributed by atoms with van der Waals surface area (Å²) in [6.45, 7) is 3.60. The molecule has 1 aromatic rings. The van der Waals surface area contributed by atoms with E-state index in [0.29, 0.717) is 12.1 Å². The number of halogens is 1. The van der Waals surface area contributed by atoms with E-state index in [2.05, 4.69) is 10.6 Å². The van der Waals surface area contributed by atoms with Crippen LogP contribution < -0.4 is 16.4 Å². The van der Waals surface area contributed by atoms with Crippen LogP contribution in [0.3, 0.4) is 0 Å². The summed E-state index contributed by atoms with van der Waals surface area (Å²) in [5, 5.41) is 5.69. The number of amides is 4. The molecule has 0 unspecified atom stereocenters. The van der Waals surface area contributed by atoms with Crippen LogP contribution in [0.1, 0.15) is 32.3 Å². The minimum absolute atomic E-state index is 0.214. The second kappa shape index (κ2) is 6.10. The molecule has 0 aromatic heterocycles. The fourth-order valence-corrected chi connectivity index (χ4v) is 4.80. The van der Waals surface area contributed by atoms with E-state index in [1.54, 1.807) is 6.92 Å². The molecule has 3 heterocycles. The van der Waals surface area contributed by atoms with Gasteiger partial charge in [-0.05, 0) is 31.5 Å². The number of nitrogens with one attached hydrogen (secondary N) is 2. The van der Waals surface area contributed by atoms with Crippen LogP contribution >= 0.6 is 0 Å². The molecule has 0 bridgehead atoms. The molecule has 2 fully saturated rings. The predicted octanol–water partition coefficient (Wildman–Crippen LogP) is 0.220. The Morgan fingerprint density at radius 1 is 1.32 bits per heavy atom. The van der Waals surface area contributed by atoms with Crippen LogP contribution in [0.25, 0.3) is 0 Å². The molecule has 0 radical (unpaired) electrons. The van der Waals surface area contributed by atoms with Gasteiger partial charge in [0.05, 0.1) is 11.8 Å². The van der Waals surface area contributed by atoms with Crippen molar-refractivity contribution in [1.29, 1.82) is 0 Å². The average Bonchev–Trinajstić information content (AvgIpc) is 3.20. The lowest BCUT2D eigenvalue weighted by molar-refractivity contribution is -0.145. The van der Waals surface area contributed by atoms with Crippen LogP contribution in [0.2, 0.25) is 0 Å². The number of nitrogens with zero attached hydrogens (tertiary/aromatic N) is 1. The number of benzene rings is 1. The largest absolute Gasteiger partial charge is 0.370 e. The van der Waals surface area contributed by atoms with Gasteiger partial charge >= 0.3 is 0 Å². The Morgan fingerprint density at radius 2 is 2.04 bits per heavy atom. The standard InChI is InChI=1S/C19H21FN4O4/c1-3-8(2)24-16(26)14-12(7-13(21)25)23-19(15(14)17(24)27)10-6-9(20)4-5-11(10)22-18(19)28/h4-6,8,12,14-15,23H,3,7H2,1-2H3,(H2,21,25)(H,22,28)/t8-,12-,14-,15+,19+/m1/s1. The van der Waals surface area contributed by atoms with Gasteiger partial charge in [-0.3, -0.25) is 29.4 Å². The maximum Gasteiger partial charge on any atom is 0.250 e. The summed E-state index contributed by atoms with van der Waals surface area (Å²) in [4.78, 5) is 52.2. The van der Waals surface area contributed by atoms with Gasteiger partial charge in [-0.25, -0.2) is 4.39 Å². The summed E-state index contributed by atoms with van der Waals surface area (Å²) in [6.07, 6.45) is 0.337. The molecule has 0 aliphatic carbocycles. The molecule has 9 heteroatoms. The molecule has 0 saturated carbocycles. The van der Waals surface area contributed by atoms with E-state index in [9.17, 15) is 23.6 Å². The highest BCUT2D eigenvalue weighted by Gasteiger charge is 2.70. The Bertz CT molecular complexity index is 919. The normalized spacial score (nSPS) is 31.9. The fraction of sp³-hybridized carbons (Fsp3) is 0.474. The molecule has 148 valence electrons. The first kappa shape index (κ1) is 18.5. The first-order valence-corrected chi connectivity index (χ1v) is 9.26. The summed E-state index contributed by atoms with van der Waals surface area (Å²) in [5.41, 5.74) is 4.38. The van der Waals surface area contributed by atoms with E-state index < -0.39 is 52.9 Å². The molecule has 28 heavy (non-hydrogen) atoms. The monoisotopic (exact) mass is 388 g/mol. The summed E-state index contributed by atoms with van der Waals surface area (Å²) in [5.74, 6) is -4.68. The van der Waals surface area contributed by atoms with Crippen molar-refractivity contribution in [3.8, 4) is 0 Å². The van der Waals surface area contributed by atoms with E-state index in [-0.39, 0.29) is 18.0 Å². The van der Waals surface area contributed by atoms with Crippen molar-refractivity contribution < 1.29 is 23.6 Å². The minimum Gasteiger partial charge on any atom is -0.370 e. The van der Waals surface area contributed by atoms with Crippen LogP contribution in [0, 0.1) is 17.7 Å². The third-order valence-electron chi connectivity index (χ3n) is 6.16. The molecule has 5 atom stereocenters. The summed E-state index contributed by atoms with van der Waals surface area (Å²) < 4.78 is 14.0. The van der Waals surface area contributed by atoms with Gasteiger partial charge in [0, 0.05) is 29.8 Å². The topological polar surface area (TPSA) is 122 Å². The second-order valence-electron chi connectivity index (χ2n) is 7.68. The molecule has 4 amide bonds. The summed E-state index contributed by atoms with van der Waals surface area (Å²) in [7, 11) is 0. The molecule has 8 nitrogen and oxygen atoms in total. The van der Waals surface area contributed by atoms with E-state index >= 15 is 0 Å². The van der Waals surface area contributed by atoms with Gasteiger partial charge in [0.25, 0.3) is 0 Å². The lowest BCUT2D eigenvalue weighted by Crippen LogP contribution is -2.54. The Labute approximate surface area is 160 Å². The molecule has 1 aromatic carbocycles. The van der Waals surface area contributed by atoms with Crippen molar-refractivity contribution in [2.24, 2.45) is 17.6 Å². The van der Waals surface area contributed by atoms with Crippen LogP contribution in [0.5, 0.6) is 0 Å². The van der Waals surface area contributed by atoms with E-state index in [0.717, 1.165) is 0 Å². The molecule has 3 aliphatic heterocycles. The molecule has 4 rings (SSSR count). The highest BCUT2D eigenvalue weighted by molar-refractivity contribution is 6.15. The number of hydrogen-bond donors (Lipinski definition) is 3. The molecule has 1 spiro atoms. The third-order valence-corrected chi connectivity index (χ3v) is 6.16. The number of nitrogens with two attached hydrogens (primary N) is 1. The number of primary amides is 1. The first-order chi connectivity index (χ1) is 13.2. The third kappa shape index (κ3) is 2.25. The molecular weight excluding hydrogens is 367 g/mol. The average molecular weight is 388 g/mol. The van der Waals surface area contributed by atoms with Gasteiger partial charge in [-0.1, -0.05) is 6.92 Å². The van der Waals surface area contributed by atoms with E-state index in [1.807, 2.05) is 6.92 Å². The van der Waals surface area contributed by atoms with Crippen molar-refractivity contribution in [3.63, 3.8) is 0 Å². The zero-order chi connectivity index (χ0) is 20.4. The van der Waals surface area contributed by atoms with Crippen molar-refractivity contribution in [2.75, 3.05) is 5.32 Å². The highest BCUT2D eigenvalue weighted by atomic mass is 19.1. The predicted molar refractivity (Wildman–Crippen MR) is 96.0 cm³/mol. The Kier molecular flexibility index (Phi) is 4.04. The van der Waals surface area contributed by atoms with Crippen molar-refractivity contribution >= 4 is 29.3 Å². The Hall–Kier alpha value is -2.81. The lowest BCUT2D eigenvalue weighted by Gasteiger charge is -2.31. The first-order valence-electron chi connectivity index (χ1n) is 9.26. The van der Waals surface area contributed by atoms with Gasteiger partial charge in [-0.2, -0.15) is 0 Å². The quantitative estimate of drug-likeness (QED) is 0.637. The number of carbonyl (C=O) groups excluding carboxylic acids is 4. The molecule has 2 saturated heterocycles. The van der Waals surface area contributed by atoms with Crippen molar-refractivity contribution in [2.45, 2.75) is 44.3 Å². The Balaban J connectivity index is 1.90. The van der Waals surface area contributed by atoms with Gasteiger partial charge in [0.15, 0.2) is 0 Å². The number of anilines is 1. The Morgan fingerprint density at radius 3 is 2.68 bits per heavy atom. The SMILES string of the molecule is CC[C@@H](C)N1C(=O)[C@H]2[C@@H](C1=O)[C@]1(N[C@@H]2CC(N)=O)C(=O)Nc2ccc(F)cc21. The minimum atomic E-state index is -1.61. The van der Waals surface area contributed by atoms with Crippen LogP contribution in [-0.4, -0.2) is 40.6 Å². The number of fused-ring (bicyclic) bond motifs is 4. The van der Waals surface area contributed by atoms with Gasteiger partial charge < -0.3 is 11.1 Å². The van der Waals surface area contributed by atoms with Crippen LogP contribution in [0.15, 0.2) is 18.2 Å². The molecular formula is C19H21FN4O4.